The zero-order valence-corrected chi connectivity index (χ0v) is 21.4. The molecule has 0 aromatic heterocycles. The molecule has 0 bridgehead atoms. The van der Waals surface area contributed by atoms with Crippen LogP contribution in [0.3, 0.4) is 0 Å². The van der Waals surface area contributed by atoms with Crippen LogP contribution in [0.1, 0.15) is 62.3 Å². The summed E-state index contributed by atoms with van der Waals surface area (Å²) in [5.74, 6) is -0.403. The molecular weight excluding hydrogens is 432 g/mol. The summed E-state index contributed by atoms with van der Waals surface area (Å²) < 4.78 is 5.41. The van der Waals surface area contributed by atoms with Crippen LogP contribution in [0, 0.1) is 0 Å². The van der Waals surface area contributed by atoms with Gasteiger partial charge in [0.1, 0.15) is 6.61 Å². The number of esters is 1. The van der Waals surface area contributed by atoms with Crippen LogP contribution in [0.25, 0.3) is 22.3 Å². The van der Waals surface area contributed by atoms with Gasteiger partial charge < -0.3 is 9.84 Å². The molecule has 0 aliphatic carbocycles. The maximum atomic E-state index is 11.9. The quantitative estimate of drug-likeness (QED) is 0.170. The summed E-state index contributed by atoms with van der Waals surface area (Å²) in [6, 6.07) is 21.8. The number of rotatable bonds is 12. The van der Waals surface area contributed by atoms with Crippen molar-refractivity contribution >= 4 is 5.97 Å². The van der Waals surface area contributed by atoms with Gasteiger partial charge in [0.15, 0.2) is 0 Å². The highest BCUT2D eigenvalue weighted by Gasteiger charge is 2.11. The first kappa shape index (κ1) is 26.4. The molecule has 0 atom stereocenters. The number of aliphatic hydroxyl groups is 1. The van der Waals surface area contributed by atoms with Crippen LogP contribution in [-0.2, 0) is 35.4 Å². The van der Waals surface area contributed by atoms with Crippen LogP contribution < -0.4 is 0 Å². The van der Waals surface area contributed by atoms with Gasteiger partial charge in [-0.2, -0.15) is 0 Å². The molecule has 184 valence electrons. The van der Waals surface area contributed by atoms with E-state index in [4.69, 9.17) is 4.74 Å². The number of unbranched alkanes of at least 4 members (excludes halogenated alkanes) is 2. The molecule has 0 saturated carbocycles. The van der Waals surface area contributed by atoms with Crippen molar-refractivity contribution < 1.29 is 14.6 Å². The number of ether oxygens (including phenoxy) is 1. The maximum Gasteiger partial charge on any atom is 0.333 e. The lowest BCUT2D eigenvalue weighted by molar-refractivity contribution is -0.140. The van der Waals surface area contributed by atoms with Crippen molar-refractivity contribution in [3.63, 3.8) is 0 Å². The number of benzene rings is 3. The van der Waals surface area contributed by atoms with E-state index in [9.17, 15) is 9.90 Å². The van der Waals surface area contributed by atoms with Crippen molar-refractivity contribution in [2.45, 2.75) is 65.9 Å². The monoisotopic (exact) mass is 470 g/mol. The molecule has 3 aromatic rings. The van der Waals surface area contributed by atoms with Crippen LogP contribution in [0.2, 0.25) is 0 Å². The largest absolute Gasteiger partial charge is 0.457 e. The Balaban J connectivity index is 1.86. The number of hydrogen-bond donors (Lipinski definition) is 1. The van der Waals surface area contributed by atoms with Gasteiger partial charge in [-0.1, -0.05) is 87.9 Å². The number of hydrogen-bond acceptors (Lipinski definition) is 3. The third-order valence-corrected chi connectivity index (χ3v) is 6.45. The van der Waals surface area contributed by atoms with E-state index in [2.05, 4.69) is 75.0 Å². The summed E-state index contributed by atoms with van der Waals surface area (Å²) in [4.78, 5) is 11.9. The molecule has 0 heterocycles. The Morgan fingerprint density at radius 2 is 1.49 bits per heavy atom. The van der Waals surface area contributed by atoms with Crippen molar-refractivity contribution in [2.24, 2.45) is 0 Å². The lowest BCUT2D eigenvalue weighted by Crippen LogP contribution is -2.07. The van der Waals surface area contributed by atoms with Crippen LogP contribution in [0.15, 0.2) is 72.8 Å². The van der Waals surface area contributed by atoms with Crippen LogP contribution in [-0.4, -0.2) is 17.7 Å². The molecule has 0 spiro atoms. The molecule has 1 N–H and O–H groups in total. The second-order valence-corrected chi connectivity index (χ2v) is 9.19. The van der Waals surface area contributed by atoms with E-state index in [0.29, 0.717) is 12.0 Å². The van der Waals surface area contributed by atoms with E-state index in [1.807, 2.05) is 6.07 Å². The van der Waals surface area contributed by atoms with Crippen molar-refractivity contribution in [1.82, 2.24) is 0 Å². The van der Waals surface area contributed by atoms with Crippen LogP contribution >= 0.6 is 0 Å². The second kappa shape index (κ2) is 13.1. The molecule has 3 heteroatoms. The average molecular weight is 471 g/mol. The van der Waals surface area contributed by atoms with E-state index < -0.39 is 5.97 Å². The summed E-state index contributed by atoms with van der Waals surface area (Å²) in [6.07, 6.45) is 6.37. The molecule has 0 aliphatic rings. The van der Waals surface area contributed by atoms with Gasteiger partial charge in [-0.05, 0) is 83.2 Å². The fourth-order valence-corrected chi connectivity index (χ4v) is 4.35. The smallest absolute Gasteiger partial charge is 0.333 e. The Bertz CT molecular complexity index is 1140. The SMILES string of the molecule is C=C(C)C(=O)OCc1cc(-c2ccc(-c3ccc(CCCCC)cc3)c(CC)c2)ccc1CCO. The number of carbonyl (C=O) groups is 1. The first-order valence-electron chi connectivity index (χ1n) is 12.7. The summed E-state index contributed by atoms with van der Waals surface area (Å²) >= 11 is 0. The first-order valence-corrected chi connectivity index (χ1v) is 12.7. The second-order valence-electron chi connectivity index (χ2n) is 9.19. The normalized spacial score (nSPS) is 10.9. The summed E-state index contributed by atoms with van der Waals surface area (Å²) in [5.41, 5.74) is 9.69. The molecule has 0 fully saturated rings. The fraction of sp³-hybridized carbons (Fsp3) is 0.344. The molecule has 0 amide bonds. The van der Waals surface area contributed by atoms with E-state index >= 15 is 0 Å². The molecular formula is C32H38O3. The minimum absolute atomic E-state index is 0.0485. The molecule has 0 radical (unpaired) electrons. The number of aryl methyl sites for hydroxylation is 2. The van der Waals surface area contributed by atoms with Crippen molar-refractivity contribution in [3.05, 3.63) is 95.1 Å². The van der Waals surface area contributed by atoms with Crippen LogP contribution in [0.5, 0.6) is 0 Å². The highest BCUT2D eigenvalue weighted by atomic mass is 16.5. The minimum Gasteiger partial charge on any atom is -0.457 e. The van der Waals surface area contributed by atoms with E-state index in [-0.39, 0.29) is 13.2 Å². The van der Waals surface area contributed by atoms with Gasteiger partial charge in [-0.3, -0.25) is 0 Å². The van der Waals surface area contributed by atoms with Crippen LogP contribution in [0.4, 0.5) is 0 Å². The highest BCUT2D eigenvalue weighted by molar-refractivity contribution is 5.87. The molecule has 3 nitrogen and oxygen atoms in total. The topological polar surface area (TPSA) is 46.5 Å². The molecule has 0 saturated heterocycles. The maximum absolute atomic E-state index is 11.9. The molecule has 3 aromatic carbocycles. The minimum atomic E-state index is -0.403. The van der Waals surface area contributed by atoms with Gasteiger partial charge in [-0.25, -0.2) is 4.79 Å². The highest BCUT2D eigenvalue weighted by Crippen LogP contribution is 2.31. The van der Waals surface area contributed by atoms with Gasteiger partial charge in [-0.15, -0.1) is 0 Å². The van der Waals surface area contributed by atoms with E-state index in [1.165, 1.54) is 41.5 Å². The van der Waals surface area contributed by atoms with Gasteiger partial charge in [0, 0.05) is 12.2 Å². The Morgan fingerprint density at radius 1 is 0.829 bits per heavy atom. The Kier molecular flexibility index (Phi) is 9.86. The molecule has 35 heavy (non-hydrogen) atoms. The summed E-state index contributed by atoms with van der Waals surface area (Å²) in [6.45, 7) is 9.93. The van der Waals surface area contributed by atoms with Crippen molar-refractivity contribution in [2.75, 3.05) is 6.61 Å². The third-order valence-electron chi connectivity index (χ3n) is 6.45. The zero-order chi connectivity index (χ0) is 25.2. The summed E-state index contributed by atoms with van der Waals surface area (Å²) in [7, 11) is 0. The lowest BCUT2D eigenvalue weighted by atomic mass is 9.91. The lowest BCUT2D eigenvalue weighted by Gasteiger charge is -2.15. The van der Waals surface area contributed by atoms with Crippen molar-refractivity contribution in [1.29, 1.82) is 0 Å². The Labute approximate surface area is 210 Å². The standard InChI is InChI=1S/C32H38O3/c1-5-7-8-9-24-10-12-27(13-11-24)31-17-16-29(20-25(31)6-2)28-15-14-26(18-19-33)30(21-28)22-35-32(34)23(3)4/h10-17,20-21,33H,3,5-9,18-19,22H2,1-2,4H3. The van der Waals surface area contributed by atoms with E-state index in [1.54, 1.807) is 6.92 Å². The van der Waals surface area contributed by atoms with E-state index in [0.717, 1.165) is 35.1 Å². The Hall–Kier alpha value is -3.17. The molecule has 3 rings (SSSR count). The first-order chi connectivity index (χ1) is 17.0. The molecule has 0 unspecified atom stereocenters. The van der Waals surface area contributed by atoms with Gasteiger partial charge in [0.25, 0.3) is 0 Å². The number of carbonyl (C=O) groups excluding carboxylic acids is 1. The van der Waals surface area contributed by atoms with Gasteiger partial charge in [0.05, 0.1) is 0 Å². The van der Waals surface area contributed by atoms with Gasteiger partial charge in [0.2, 0.25) is 0 Å². The van der Waals surface area contributed by atoms with Gasteiger partial charge >= 0.3 is 5.97 Å². The zero-order valence-electron chi connectivity index (χ0n) is 21.4. The summed E-state index contributed by atoms with van der Waals surface area (Å²) in [5, 5.41) is 9.45. The predicted molar refractivity (Wildman–Crippen MR) is 145 cm³/mol. The number of aliphatic hydroxyl groups excluding tert-OH is 1. The Morgan fingerprint density at radius 3 is 2.11 bits per heavy atom. The average Bonchev–Trinajstić information content (AvgIpc) is 2.88. The predicted octanol–water partition coefficient (Wildman–Crippen LogP) is 7.47. The van der Waals surface area contributed by atoms with Crippen molar-refractivity contribution in [3.8, 4) is 22.3 Å². The molecule has 0 aliphatic heterocycles. The third kappa shape index (κ3) is 7.16. The fourth-order valence-electron chi connectivity index (χ4n) is 4.35.